The van der Waals surface area contributed by atoms with Gasteiger partial charge < -0.3 is 4.57 Å². The van der Waals surface area contributed by atoms with Crippen LogP contribution in [-0.4, -0.2) is 10.4 Å². The van der Waals surface area contributed by atoms with E-state index < -0.39 is 0 Å². The van der Waals surface area contributed by atoms with E-state index in [0.717, 1.165) is 41.4 Å². The Kier molecular flexibility index (Phi) is 4.25. The van der Waals surface area contributed by atoms with E-state index in [9.17, 15) is 4.79 Å². The van der Waals surface area contributed by atoms with E-state index >= 15 is 0 Å². The molecule has 0 N–H and O–H groups in total. The van der Waals surface area contributed by atoms with Crippen LogP contribution in [0, 0.1) is 0 Å². The van der Waals surface area contributed by atoms with Crippen LogP contribution in [0.15, 0.2) is 79.3 Å². The predicted molar refractivity (Wildman–Crippen MR) is 111 cm³/mol. The normalized spacial score (nSPS) is 16.3. The molecule has 2 heterocycles. The van der Waals surface area contributed by atoms with Crippen molar-refractivity contribution in [2.45, 2.75) is 25.4 Å². The van der Waals surface area contributed by atoms with Gasteiger partial charge in [-0.05, 0) is 36.6 Å². The van der Waals surface area contributed by atoms with Crippen molar-refractivity contribution in [2.75, 3.05) is 0 Å². The first-order chi connectivity index (χ1) is 13.7. The topological polar surface area (TPSA) is 25.9 Å². The lowest BCUT2D eigenvalue weighted by Gasteiger charge is -2.25. The maximum absolute atomic E-state index is 13.1. The summed E-state index contributed by atoms with van der Waals surface area (Å²) in [6.07, 6.45) is 7.98. The quantitative estimate of drug-likeness (QED) is 0.454. The number of hydrogen-bond donors (Lipinski definition) is 0. The summed E-state index contributed by atoms with van der Waals surface area (Å²) in [5.41, 5.74) is 4.22. The molecule has 1 atom stereocenters. The summed E-state index contributed by atoms with van der Waals surface area (Å²) < 4.78 is 4.30. The van der Waals surface area contributed by atoms with Crippen molar-refractivity contribution in [3.63, 3.8) is 0 Å². The first kappa shape index (κ1) is 17.2. The van der Waals surface area contributed by atoms with Crippen molar-refractivity contribution >= 4 is 28.3 Å². The van der Waals surface area contributed by atoms with Gasteiger partial charge in [0.2, 0.25) is 0 Å². The molecule has 1 aliphatic carbocycles. The molecule has 5 rings (SSSR count). The lowest BCUT2D eigenvalue weighted by molar-refractivity contribution is -0.687. The molecule has 2 aromatic carbocycles. The van der Waals surface area contributed by atoms with Crippen LogP contribution in [0.1, 0.15) is 33.9 Å². The van der Waals surface area contributed by atoms with Crippen LogP contribution in [0.25, 0.3) is 10.9 Å². The number of rotatable bonds is 3. The summed E-state index contributed by atoms with van der Waals surface area (Å²) in [4.78, 5) is 13.1. The molecule has 0 fully saturated rings. The number of hydrogen-bond acceptors (Lipinski definition) is 1. The molecule has 0 amide bonds. The second kappa shape index (κ2) is 6.92. The highest BCUT2D eigenvalue weighted by Crippen LogP contribution is 2.32. The van der Waals surface area contributed by atoms with Gasteiger partial charge in [0.15, 0.2) is 24.7 Å². The van der Waals surface area contributed by atoms with Crippen molar-refractivity contribution in [3.05, 3.63) is 101 Å². The zero-order valence-electron chi connectivity index (χ0n) is 15.4. The number of fused-ring (bicyclic) bond motifs is 2. The maximum atomic E-state index is 13.1. The molecule has 0 aliphatic heterocycles. The van der Waals surface area contributed by atoms with Gasteiger partial charge in [-0.25, -0.2) is 4.57 Å². The van der Waals surface area contributed by atoms with Crippen LogP contribution in [0.5, 0.6) is 0 Å². The van der Waals surface area contributed by atoms with E-state index in [1.807, 2.05) is 30.5 Å². The monoisotopic (exact) mass is 387 g/mol. The smallest absolute Gasteiger partial charge is 0.185 e. The van der Waals surface area contributed by atoms with E-state index in [1.54, 1.807) is 0 Å². The summed E-state index contributed by atoms with van der Waals surface area (Å²) in [6, 6.07) is 20.1. The number of benzene rings is 2. The second-order valence-electron chi connectivity index (χ2n) is 7.39. The Hall–Kier alpha value is -2.91. The van der Waals surface area contributed by atoms with Gasteiger partial charge in [-0.15, -0.1) is 0 Å². The van der Waals surface area contributed by atoms with Gasteiger partial charge in [0.1, 0.15) is 0 Å². The molecule has 4 heteroatoms. The fourth-order valence-corrected chi connectivity index (χ4v) is 4.36. The van der Waals surface area contributed by atoms with E-state index in [1.165, 1.54) is 5.56 Å². The highest BCUT2D eigenvalue weighted by atomic mass is 35.5. The van der Waals surface area contributed by atoms with E-state index in [0.29, 0.717) is 5.02 Å². The number of aromatic nitrogens is 2. The van der Waals surface area contributed by atoms with Crippen molar-refractivity contribution in [1.82, 2.24) is 4.57 Å². The number of Topliss-reactive ketones (excluding diaryl/α,β-unsaturated/α-hetero) is 1. The van der Waals surface area contributed by atoms with Crippen molar-refractivity contribution in [2.24, 2.45) is 0 Å². The Morgan fingerprint density at radius 3 is 2.79 bits per heavy atom. The number of carbonyl (C=O) groups is 1. The number of aryl methyl sites for hydroxylation is 1. The third kappa shape index (κ3) is 3.02. The van der Waals surface area contributed by atoms with Crippen LogP contribution < -0.4 is 4.57 Å². The van der Waals surface area contributed by atoms with Crippen molar-refractivity contribution in [3.8, 4) is 0 Å². The molecule has 3 nitrogen and oxygen atoms in total. The minimum absolute atomic E-state index is 0.155. The van der Waals surface area contributed by atoms with Crippen LogP contribution in [0.4, 0.5) is 0 Å². The number of pyridine rings is 1. The predicted octanol–water partition coefficient (Wildman–Crippen LogP) is 5.00. The number of halogens is 1. The van der Waals surface area contributed by atoms with Gasteiger partial charge in [0.05, 0.1) is 16.9 Å². The first-order valence-electron chi connectivity index (χ1n) is 9.55. The molecule has 0 saturated heterocycles. The van der Waals surface area contributed by atoms with Gasteiger partial charge in [0, 0.05) is 28.4 Å². The molecule has 0 spiro atoms. The molecule has 0 radical (unpaired) electrons. The van der Waals surface area contributed by atoms with Gasteiger partial charge in [-0.3, -0.25) is 4.79 Å². The van der Waals surface area contributed by atoms with Gasteiger partial charge in [0.25, 0.3) is 0 Å². The standard InChI is InChI=1S/C24H20ClN2O/c25-20-8-6-18-7-9-23(24(28)21(18)14-20)27-13-10-19-16-26(12-11-22(19)27)15-17-4-2-1-3-5-17/h1-6,8,10-14,16,23H,7,9,15H2/q+1. The average Bonchev–Trinajstić information content (AvgIpc) is 3.12. The molecular formula is C24H20ClN2O+. The SMILES string of the molecule is O=C1c2cc(Cl)ccc2CCC1n1ccc2c[n+](Cc3ccccc3)ccc21. The zero-order chi connectivity index (χ0) is 19.1. The summed E-state index contributed by atoms with van der Waals surface area (Å²) in [7, 11) is 0. The Bertz CT molecular complexity index is 1180. The summed E-state index contributed by atoms with van der Waals surface area (Å²) in [5.74, 6) is 0.155. The van der Waals surface area contributed by atoms with Gasteiger partial charge in [-0.1, -0.05) is 48.0 Å². The minimum atomic E-state index is -0.173. The van der Waals surface area contributed by atoms with Crippen LogP contribution in [0.2, 0.25) is 5.02 Å². The molecule has 28 heavy (non-hydrogen) atoms. The Morgan fingerprint density at radius 1 is 1.07 bits per heavy atom. The largest absolute Gasteiger partial charge is 0.336 e. The minimum Gasteiger partial charge on any atom is -0.336 e. The van der Waals surface area contributed by atoms with Crippen LogP contribution in [-0.2, 0) is 13.0 Å². The number of carbonyl (C=O) groups excluding carboxylic acids is 1. The maximum Gasteiger partial charge on any atom is 0.185 e. The van der Waals surface area contributed by atoms with E-state index in [2.05, 4.69) is 57.9 Å². The lowest BCUT2D eigenvalue weighted by Crippen LogP contribution is -2.33. The average molecular weight is 388 g/mol. The van der Waals surface area contributed by atoms with Gasteiger partial charge in [-0.2, -0.15) is 0 Å². The highest BCUT2D eigenvalue weighted by molar-refractivity contribution is 6.31. The molecule has 138 valence electrons. The van der Waals surface area contributed by atoms with Gasteiger partial charge >= 0.3 is 0 Å². The zero-order valence-corrected chi connectivity index (χ0v) is 16.1. The Balaban J connectivity index is 1.48. The summed E-state index contributed by atoms with van der Waals surface area (Å²) >= 11 is 6.13. The number of ketones is 1. The first-order valence-corrected chi connectivity index (χ1v) is 9.93. The Labute approximate surface area is 168 Å². The summed E-state index contributed by atoms with van der Waals surface area (Å²) in [5, 5.41) is 1.76. The van der Waals surface area contributed by atoms with Crippen LogP contribution >= 0.6 is 11.6 Å². The molecule has 1 aliphatic rings. The second-order valence-corrected chi connectivity index (χ2v) is 7.82. The molecular weight excluding hydrogens is 368 g/mol. The fourth-order valence-electron chi connectivity index (χ4n) is 4.18. The molecule has 0 bridgehead atoms. The molecule has 4 aromatic rings. The third-order valence-corrected chi connectivity index (χ3v) is 5.82. The van der Waals surface area contributed by atoms with Crippen molar-refractivity contribution in [1.29, 1.82) is 0 Å². The third-order valence-electron chi connectivity index (χ3n) is 5.59. The lowest BCUT2D eigenvalue weighted by atomic mass is 9.87. The van der Waals surface area contributed by atoms with Crippen molar-refractivity contribution < 1.29 is 9.36 Å². The van der Waals surface area contributed by atoms with Crippen LogP contribution in [0.3, 0.4) is 0 Å². The molecule has 1 unspecified atom stereocenters. The fraction of sp³-hybridized carbons (Fsp3) is 0.167. The van der Waals surface area contributed by atoms with E-state index in [4.69, 9.17) is 11.6 Å². The van der Waals surface area contributed by atoms with E-state index in [-0.39, 0.29) is 11.8 Å². The molecule has 2 aromatic heterocycles. The summed E-state index contributed by atoms with van der Waals surface area (Å²) in [6.45, 7) is 0.830. The Morgan fingerprint density at radius 2 is 1.93 bits per heavy atom. The highest BCUT2D eigenvalue weighted by Gasteiger charge is 2.29. The molecule has 0 saturated carbocycles. The number of nitrogens with zero attached hydrogens (tertiary/aromatic N) is 2.